The van der Waals surface area contributed by atoms with Crippen LogP contribution in [0.1, 0.15) is 22.7 Å². The SMILES string of the molecule is Cc1cc(Br)cc(C(NN)c2cccc3cnccc23)c1. The van der Waals surface area contributed by atoms with Crippen LogP contribution in [-0.2, 0) is 0 Å². The van der Waals surface area contributed by atoms with Gasteiger partial charge in [-0.1, -0.05) is 40.2 Å². The van der Waals surface area contributed by atoms with E-state index in [1.807, 2.05) is 24.5 Å². The van der Waals surface area contributed by atoms with Gasteiger partial charge < -0.3 is 0 Å². The molecule has 3 rings (SSSR count). The molecule has 1 unspecified atom stereocenters. The Morgan fingerprint density at radius 1 is 1.19 bits per heavy atom. The predicted molar refractivity (Wildman–Crippen MR) is 89.8 cm³/mol. The van der Waals surface area contributed by atoms with Gasteiger partial charge in [-0.2, -0.15) is 0 Å². The highest BCUT2D eigenvalue weighted by Gasteiger charge is 2.15. The fourth-order valence-electron chi connectivity index (χ4n) is 2.70. The Hall–Kier alpha value is -1.75. The molecule has 0 aliphatic carbocycles. The predicted octanol–water partition coefficient (Wildman–Crippen LogP) is 3.86. The Kier molecular flexibility index (Phi) is 4.01. The maximum Gasteiger partial charge on any atom is 0.0716 e. The molecule has 0 saturated heterocycles. The number of nitrogens with two attached hydrogens (primary N) is 1. The Balaban J connectivity index is 2.18. The van der Waals surface area contributed by atoms with Crippen LogP contribution in [0.2, 0.25) is 0 Å². The quantitative estimate of drug-likeness (QED) is 0.561. The second-order valence-electron chi connectivity index (χ2n) is 5.11. The number of fused-ring (bicyclic) bond motifs is 1. The van der Waals surface area contributed by atoms with Crippen molar-refractivity contribution < 1.29 is 0 Å². The monoisotopic (exact) mass is 341 g/mol. The van der Waals surface area contributed by atoms with Gasteiger partial charge in [-0.3, -0.25) is 10.8 Å². The normalized spacial score (nSPS) is 12.5. The van der Waals surface area contributed by atoms with E-state index in [1.165, 1.54) is 5.56 Å². The molecule has 0 aliphatic heterocycles. The van der Waals surface area contributed by atoms with Crippen LogP contribution in [0.3, 0.4) is 0 Å². The van der Waals surface area contributed by atoms with E-state index in [4.69, 9.17) is 5.84 Å². The van der Waals surface area contributed by atoms with Crippen LogP contribution >= 0.6 is 15.9 Å². The molecule has 4 heteroatoms. The van der Waals surface area contributed by atoms with Gasteiger partial charge >= 0.3 is 0 Å². The van der Waals surface area contributed by atoms with E-state index < -0.39 is 0 Å². The molecule has 1 atom stereocenters. The fourth-order valence-corrected chi connectivity index (χ4v) is 3.32. The molecular formula is C17H16BrN3. The molecule has 1 heterocycles. The molecular weight excluding hydrogens is 326 g/mol. The zero-order valence-electron chi connectivity index (χ0n) is 11.7. The molecule has 21 heavy (non-hydrogen) atoms. The lowest BCUT2D eigenvalue weighted by atomic mass is 9.94. The molecule has 106 valence electrons. The largest absolute Gasteiger partial charge is 0.271 e. The van der Waals surface area contributed by atoms with Crippen molar-refractivity contribution in [3.63, 3.8) is 0 Å². The molecule has 3 aromatic rings. The highest BCUT2D eigenvalue weighted by Crippen LogP contribution is 2.30. The smallest absolute Gasteiger partial charge is 0.0716 e. The Bertz CT molecular complexity index is 760. The summed E-state index contributed by atoms with van der Waals surface area (Å²) in [7, 11) is 0. The summed E-state index contributed by atoms with van der Waals surface area (Å²) in [5.41, 5.74) is 6.42. The standard InChI is InChI=1S/C17H16BrN3/c1-11-7-13(9-14(18)8-11)17(21-19)16-4-2-3-12-10-20-6-5-15(12)16/h2-10,17,21H,19H2,1H3. The lowest BCUT2D eigenvalue weighted by molar-refractivity contribution is 0.640. The van der Waals surface area contributed by atoms with Crippen LogP contribution in [0.15, 0.2) is 59.3 Å². The van der Waals surface area contributed by atoms with E-state index >= 15 is 0 Å². The van der Waals surface area contributed by atoms with Crippen molar-refractivity contribution >= 4 is 26.7 Å². The van der Waals surface area contributed by atoms with Crippen molar-refractivity contribution in [2.45, 2.75) is 13.0 Å². The summed E-state index contributed by atoms with van der Waals surface area (Å²) in [6.45, 7) is 2.08. The molecule has 0 amide bonds. The van der Waals surface area contributed by atoms with Gasteiger partial charge in [0.25, 0.3) is 0 Å². The minimum absolute atomic E-state index is 0.0627. The first kappa shape index (κ1) is 14.2. The van der Waals surface area contributed by atoms with E-state index in [9.17, 15) is 0 Å². The van der Waals surface area contributed by atoms with Gasteiger partial charge in [-0.15, -0.1) is 0 Å². The number of hydrogen-bond acceptors (Lipinski definition) is 3. The van der Waals surface area contributed by atoms with Gasteiger partial charge in [0, 0.05) is 22.3 Å². The highest BCUT2D eigenvalue weighted by atomic mass is 79.9. The summed E-state index contributed by atoms with van der Waals surface area (Å²) < 4.78 is 1.06. The molecule has 3 N–H and O–H groups in total. The average molecular weight is 342 g/mol. The minimum atomic E-state index is -0.0627. The van der Waals surface area contributed by atoms with Crippen LogP contribution in [0.5, 0.6) is 0 Å². The summed E-state index contributed by atoms with van der Waals surface area (Å²) >= 11 is 3.55. The number of aryl methyl sites for hydroxylation is 1. The topological polar surface area (TPSA) is 50.9 Å². The van der Waals surface area contributed by atoms with Crippen molar-refractivity contribution in [1.82, 2.24) is 10.4 Å². The summed E-state index contributed by atoms with van der Waals surface area (Å²) in [5, 5.41) is 2.27. The van der Waals surface area contributed by atoms with Crippen molar-refractivity contribution in [1.29, 1.82) is 0 Å². The molecule has 3 nitrogen and oxygen atoms in total. The maximum absolute atomic E-state index is 5.85. The number of benzene rings is 2. The summed E-state index contributed by atoms with van der Waals surface area (Å²) in [5.74, 6) is 5.85. The number of nitrogens with zero attached hydrogens (tertiary/aromatic N) is 1. The average Bonchev–Trinajstić information content (AvgIpc) is 2.47. The van der Waals surface area contributed by atoms with Crippen LogP contribution in [0.4, 0.5) is 0 Å². The van der Waals surface area contributed by atoms with Crippen molar-refractivity contribution in [2.75, 3.05) is 0 Å². The van der Waals surface area contributed by atoms with Crippen LogP contribution in [-0.4, -0.2) is 4.98 Å². The second-order valence-corrected chi connectivity index (χ2v) is 6.02. The van der Waals surface area contributed by atoms with Crippen LogP contribution in [0, 0.1) is 6.92 Å². The first-order chi connectivity index (χ1) is 10.2. The van der Waals surface area contributed by atoms with Gasteiger partial charge in [0.15, 0.2) is 0 Å². The molecule has 0 radical (unpaired) electrons. The molecule has 1 aromatic heterocycles. The van der Waals surface area contributed by atoms with E-state index in [-0.39, 0.29) is 6.04 Å². The second kappa shape index (κ2) is 5.93. The van der Waals surface area contributed by atoms with Gasteiger partial charge in [0.2, 0.25) is 0 Å². The fraction of sp³-hybridized carbons (Fsp3) is 0.118. The number of pyridine rings is 1. The number of hydrazine groups is 1. The number of rotatable bonds is 3. The van der Waals surface area contributed by atoms with Crippen LogP contribution < -0.4 is 11.3 Å². The highest BCUT2D eigenvalue weighted by molar-refractivity contribution is 9.10. The minimum Gasteiger partial charge on any atom is -0.271 e. The number of nitrogens with one attached hydrogen (secondary N) is 1. The third kappa shape index (κ3) is 2.83. The van der Waals surface area contributed by atoms with Crippen molar-refractivity contribution in [3.8, 4) is 0 Å². The number of hydrogen-bond donors (Lipinski definition) is 2. The molecule has 0 saturated carbocycles. The summed E-state index contributed by atoms with van der Waals surface area (Å²) in [6, 6.07) is 14.5. The van der Waals surface area contributed by atoms with Gasteiger partial charge in [0.05, 0.1) is 6.04 Å². The Labute approximate surface area is 132 Å². The molecule has 0 aliphatic rings. The molecule has 0 spiro atoms. The zero-order valence-corrected chi connectivity index (χ0v) is 13.3. The first-order valence-corrected chi connectivity index (χ1v) is 7.54. The van der Waals surface area contributed by atoms with E-state index in [1.54, 1.807) is 0 Å². The third-order valence-electron chi connectivity index (χ3n) is 3.59. The zero-order chi connectivity index (χ0) is 14.8. The van der Waals surface area contributed by atoms with E-state index in [0.717, 1.165) is 26.4 Å². The number of aromatic nitrogens is 1. The van der Waals surface area contributed by atoms with Gasteiger partial charge in [0.1, 0.15) is 0 Å². The Morgan fingerprint density at radius 2 is 2.05 bits per heavy atom. The van der Waals surface area contributed by atoms with Crippen molar-refractivity contribution in [2.24, 2.45) is 5.84 Å². The van der Waals surface area contributed by atoms with Crippen molar-refractivity contribution in [3.05, 3.63) is 76.0 Å². The van der Waals surface area contributed by atoms with Gasteiger partial charge in [-0.05, 0) is 47.2 Å². The van der Waals surface area contributed by atoms with Gasteiger partial charge in [-0.25, -0.2) is 5.43 Å². The molecule has 2 aromatic carbocycles. The maximum atomic E-state index is 5.85. The van der Waals surface area contributed by atoms with Crippen LogP contribution in [0.25, 0.3) is 10.8 Å². The van der Waals surface area contributed by atoms with E-state index in [2.05, 4.69) is 63.6 Å². The summed E-state index contributed by atoms with van der Waals surface area (Å²) in [4.78, 5) is 4.18. The first-order valence-electron chi connectivity index (χ1n) is 6.75. The van der Waals surface area contributed by atoms with E-state index in [0.29, 0.717) is 0 Å². The molecule has 0 fully saturated rings. The lowest BCUT2D eigenvalue weighted by Gasteiger charge is -2.19. The molecule has 0 bridgehead atoms. The summed E-state index contributed by atoms with van der Waals surface area (Å²) in [6.07, 6.45) is 3.68. The number of halogens is 1. The Morgan fingerprint density at radius 3 is 2.81 bits per heavy atom. The lowest BCUT2D eigenvalue weighted by Crippen LogP contribution is -2.29. The third-order valence-corrected chi connectivity index (χ3v) is 4.05.